The van der Waals surface area contributed by atoms with Crippen molar-refractivity contribution in [3.05, 3.63) is 0 Å². The van der Waals surface area contributed by atoms with Crippen molar-refractivity contribution in [1.29, 1.82) is 0 Å². The van der Waals surface area contributed by atoms with Gasteiger partial charge < -0.3 is 0 Å². The molecule has 0 aliphatic rings. The van der Waals surface area contributed by atoms with Crippen LogP contribution in [-0.4, -0.2) is 50.0 Å². The number of nitrogens with zero attached hydrogens (tertiary/aromatic N) is 2. The first-order chi connectivity index (χ1) is 6.55. The number of hydrogen-bond acceptors (Lipinski definition) is 1. The maximum absolute atomic E-state index is 12.2. The van der Waals surface area contributed by atoms with Crippen LogP contribution in [0.2, 0.25) is 0 Å². The first-order valence-corrected chi connectivity index (χ1v) is 5.97. The third kappa shape index (κ3) is 7.93. The van der Waals surface area contributed by atoms with E-state index in [1.54, 1.807) is 0 Å². The van der Waals surface area contributed by atoms with Crippen LogP contribution in [0.25, 0.3) is 0 Å². The summed E-state index contributed by atoms with van der Waals surface area (Å²) in [7, 11) is 0. The van der Waals surface area contributed by atoms with Crippen molar-refractivity contribution in [2.75, 3.05) is 6.54 Å². The van der Waals surface area contributed by atoms with E-state index in [0.717, 1.165) is 22.8 Å². The van der Waals surface area contributed by atoms with E-state index in [-0.39, 0.29) is 5.54 Å². The van der Waals surface area contributed by atoms with Gasteiger partial charge in [0.25, 0.3) is 0 Å². The average molecular weight is 328 g/mol. The molecule has 0 spiro atoms. The Labute approximate surface area is 102 Å². The molecular formula is C9H16F3N2Sn. The van der Waals surface area contributed by atoms with E-state index in [9.17, 15) is 13.2 Å². The summed E-state index contributed by atoms with van der Waals surface area (Å²) in [5, 5.41) is 0. The first-order valence-electron chi connectivity index (χ1n) is 4.69. The van der Waals surface area contributed by atoms with Gasteiger partial charge in [-0.15, -0.1) is 0 Å². The summed E-state index contributed by atoms with van der Waals surface area (Å²) < 4.78 is 37.7. The quantitative estimate of drug-likeness (QED) is 0.432. The van der Waals surface area contributed by atoms with Gasteiger partial charge in [0.1, 0.15) is 0 Å². The van der Waals surface area contributed by atoms with Crippen molar-refractivity contribution in [2.45, 2.75) is 45.8 Å². The molecule has 0 aromatic rings. The van der Waals surface area contributed by atoms with Crippen molar-refractivity contribution < 1.29 is 13.2 Å². The zero-order valence-corrected chi connectivity index (χ0v) is 12.3. The zero-order chi connectivity index (χ0) is 12.3. The molecule has 15 heavy (non-hydrogen) atoms. The van der Waals surface area contributed by atoms with E-state index in [1.807, 2.05) is 27.7 Å². The molecule has 0 saturated heterocycles. The predicted molar refractivity (Wildman–Crippen MR) is 56.0 cm³/mol. The Morgan fingerprint density at radius 2 is 1.73 bits per heavy atom. The number of aliphatic imine (C=N–C) groups is 1. The minimum absolute atomic E-state index is 0.328. The summed E-state index contributed by atoms with van der Waals surface area (Å²) in [5.74, 6) is 0.526. The summed E-state index contributed by atoms with van der Waals surface area (Å²) in [6.07, 6.45) is -3.63. The van der Waals surface area contributed by atoms with Crippen LogP contribution in [-0.2, 0) is 0 Å². The van der Waals surface area contributed by atoms with Gasteiger partial charge in [0.05, 0.1) is 0 Å². The normalized spacial score (nSPS) is 14.3. The molecule has 0 aromatic heterocycles. The Bertz CT molecular complexity index is 230. The second-order valence-electron chi connectivity index (χ2n) is 4.25. The zero-order valence-electron chi connectivity index (χ0n) is 9.44. The Kier molecular flexibility index (Phi) is 5.43. The van der Waals surface area contributed by atoms with Crippen LogP contribution < -0.4 is 0 Å². The Hall–Kier alpha value is 0.0587. The van der Waals surface area contributed by atoms with Crippen LogP contribution in [0, 0.1) is 0 Å². The number of halogens is 3. The molecule has 0 heterocycles. The van der Waals surface area contributed by atoms with Crippen LogP contribution >= 0.6 is 0 Å². The fraction of sp³-hybridized carbons (Fsp3) is 0.889. The van der Waals surface area contributed by atoms with Gasteiger partial charge in [0.15, 0.2) is 0 Å². The molecule has 0 atom stereocenters. The fourth-order valence-electron chi connectivity index (χ4n) is 0.988. The molecule has 0 rings (SSSR count). The number of alkyl halides is 3. The molecule has 0 aliphatic heterocycles. The monoisotopic (exact) mass is 329 g/mol. The van der Waals surface area contributed by atoms with Gasteiger partial charge in [0.2, 0.25) is 0 Å². The predicted octanol–water partition coefficient (Wildman–Crippen LogP) is 2.54. The molecule has 0 aromatic carbocycles. The number of hydrogen-bond donors (Lipinski definition) is 0. The Balaban J connectivity index is 4.63. The molecule has 0 N–H and O–H groups in total. The topological polar surface area (TPSA) is 15.6 Å². The number of amidine groups is 1. The van der Waals surface area contributed by atoms with Gasteiger partial charge in [0, 0.05) is 0 Å². The van der Waals surface area contributed by atoms with Gasteiger partial charge >= 0.3 is 102 Å². The van der Waals surface area contributed by atoms with Crippen LogP contribution in [0.3, 0.4) is 0 Å². The summed E-state index contributed by atoms with van der Waals surface area (Å²) in [4.78, 5) is 4.28. The molecule has 87 valence electrons. The van der Waals surface area contributed by atoms with Crippen LogP contribution in [0.1, 0.15) is 34.1 Å². The average Bonchev–Trinajstić information content (AvgIpc) is 1.94. The van der Waals surface area contributed by atoms with Crippen molar-refractivity contribution in [3.63, 3.8) is 0 Å². The molecule has 0 amide bonds. The van der Waals surface area contributed by atoms with E-state index in [4.69, 9.17) is 0 Å². The Morgan fingerprint density at radius 1 is 1.27 bits per heavy atom. The molecule has 0 fully saturated rings. The molecule has 2 nitrogen and oxygen atoms in total. The maximum atomic E-state index is 12.2. The number of rotatable bonds is 2. The van der Waals surface area contributed by atoms with Gasteiger partial charge in [-0.25, -0.2) is 0 Å². The minimum atomic E-state index is -4.16. The van der Waals surface area contributed by atoms with Crippen molar-refractivity contribution in [3.8, 4) is 0 Å². The van der Waals surface area contributed by atoms with Crippen LogP contribution in [0.5, 0.6) is 0 Å². The fourth-order valence-corrected chi connectivity index (χ4v) is 2.09. The van der Waals surface area contributed by atoms with Gasteiger partial charge in [-0.05, 0) is 0 Å². The molecule has 3 radical (unpaired) electrons. The second-order valence-corrected chi connectivity index (χ2v) is 5.79. The third-order valence-corrected chi connectivity index (χ3v) is 2.62. The van der Waals surface area contributed by atoms with Crippen LogP contribution in [0.4, 0.5) is 13.2 Å². The standard InChI is InChI=1S/C9H16F3N2.Sn/c1-5-7(14-8(2,3)4)13-6-9(10,11)12;/h5-6H2,1-4H3;/q-1;+1. The Morgan fingerprint density at radius 3 is 2.00 bits per heavy atom. The van der Waals surface area contributed by atoms with E-state index < -0.39 is 12.7 Å². The van der Waals surface area contributed by atoms with Gasteiger partial charge in [-0.3, -0.25) is 0 Å². The molecule has 0 bridgehead atoms. The molecule has 0 saturated carbocycles. The van der Waals surface area contributed by atoms with E-state index >= 15 is 0 Å². The summed E-state index contributed by atoms with van der Waals surface area (Å²) in [5.41, 5.74) is -0.328. The molecule has 6 heteroatoms. The van der Waals surface area contributed by atoms with Gasteiger partial charge in [-0.2, -0.15) is 0 Å². The third-order valence-electron chi connectivity index (χ3n) is 1.43. The van der Waals surface area contributed by atoms with Crippen molar-refractivity contribution in [2.24, 2.45) is 4.99 Å². The van der Waals surface area contributed by atoms with Gasteiger partial charge in [-0.1, -0.05) is 0 Å². The summed E-state index contributed by atoms with van der Waals surface area (Å²) >= 11 is 0.719. The first kappa shape index (κ1) is 15.1. The second kappa shape index (κ2) is 5.41. The molecule has 0 aliphatic carbocycles. The van der Waals surface area contributed by atoms with E-state index in [1.165, 1.54) is 3.12 Å². The van der Waals surface area contributed by atoms with Crippen LogP contribution in [0.15, 0.2) is 4.99 Å². The molecule has 0 unspecified atom stereocenters. The summed E-state index contributed by atoms with van der Waals surface area (Å²) in [6, 6.07) is 0. The van der Waals surface area contributed by atoms with E-state index in [2.05, 4.69) is 4.99 Å². The SMILES string of the molecule is CCC(=NC(C)(C)C)[N]([Sn])CC(F)(F)F. The summed E-state index contributed by atoms with van der Waals surface area (Å²) in [6.45, 7) is 6.53. The van der Waals surface area contributed by atoms with E-state index in [0.29, 0.717) is 12.3 Å². The van der Waals surface area contributed by atoms with Crippen molar-refractivity contribution in [1.82, 2.24) is 3.12 Å². The molecular weight excluding hydrogens is 312 g/mol. The van der Waals surface area contributed by atoms with Crippen molar-refractivity contribution >= 4 is 28.6 Å².